The van der Waals surface area contributed by atoms with E-state index < -0.39 is 0 Å². The fraction of sp³-hybridized carbons (Fsp3) is 0.500. The molecule has 0 spiro atoms. The second kappa shape index (κ2) is 9.62. The van der Waals surface area contributed by atoms with E-state index in [1.165, 1.54) is 6.26 Å². The summed E-state index contributed by atoms with van der Waals surface area (Å²) >= 11 is 0. The molecule has 0 saturated heterocycles. The van der Waals surface area contributed by atoms with Crippen LogP contribution in [0.4, 0.5) is 0 Å². The van der Waals surface area contributed by atoms with Crippen molar-refractivity contribution in [1.29, 1.82) is 0 Å². The van der Waals surface area contributed by atoms with Crippen molar-refractivity contribution in [2.75, 3.05) is 26.2 Å². The molecule has 14 heavy (non-hydrogen) atoms. The van der Waals surface area contributed by atoms with Gasteiger partial charge < -0.3 is 10.1 Å². The lowest BCUT2D eigenvalue weighted by molar-refractivity contribution is -0.120. The number of hydrogen-bond donors (Lipinski definition) is 2. The highest BCUT2D eigenvalue weighted by Gasteiger charge is 1.97. The maximum Gasteiger partial charge on any atom is 0.233 e. The van der Waals surface area contributed by atoms with Crippen molar-refractivity contribution >= 4 is 5.91 Å². The minimum Gasteiger partial charge on any atom is -0.502 e. The van der Waals surface area contributed by atoms with E-state index in [0.29, 0.717) is 19.7 Å². The van der Waals surface area contributed by atoms with Crippen LogP contribution in [-0.2, 0) is 9.53 Å². The van der Waals surface area contributed by atoms with Gasteiger partial charge in [0, 0.05) is 6.54 Å². The molecule has 0 radical (unpaired) electrons. The third kappa shape index (κ3) is 8.62. The zero-order valence-electron chi connectivity index (χ0n) is 8.21. The topological polar surface area (TPSA) is 50.4 Å². The number of carbonyl (C=O) groups excluding carboxylic acids is 1. The van der Waals surface area contributed by atoms with Gasteiger partial charge in [0.15, 0.2) is 0 Å². The van der Waals surface area contributed by atoms with Crippen LogP contribution in [0.25, 0.3) is 0 Å². The Hall–Kier alpha value is -1.47. The van der Waals surface area contributed by atoms with Crippen LogP contribution in [0.5, 0.6) is 0 Å². The second-order valence-electron chi connectivity index (χ2n) is 2.55. The minimum atomic E-state index is -0.0566. The summed E-state index contributed by atoms with van der Waals surface area (Å²) in [6.07, 6.45) is 7.16. The maximum atomic E-state index is 11.0. The van der Waals surface area contributed by atoms with E-state index in [1.54, 1.807) is 0 Å². The quantitative estimate of drug-likeness (QED) is 0.323. The molecule has 78 valence electrons. The summed E-state index contributed by atoms with van der Waals surface area (Å²) < 4.78 is 4.88. The minimum absolute atomic E-state index is 0.0566. The van der Waals surface area contributed by atoms with Crippen LogP contribution < -0.4 is 10.6 Å². The van der Waals surface area contributed by atoms with Crippen molar-refractivity contribution in [3.05, 3.63) is 12.8 Å². The molecule has 0 saturated carbocycles. The summed E-state index contributed by atoms with van der Waals surface area (Å²) in [4.78, 5) is 11.0. The van der Waals surface area contributed by atoms with E-state index in [1.807, 2.05) is 0 Å². The van der Waals surface area contributed by atoms with Crippen molar-refractivity contribution in [2.24, 2.45) is 0 Å². The van der Waals surface area contributed by atoms with E-state index in [-0.39, 0.29) is 12.5 Å². The number of nitrogens with one attached hydrogen (secondary N) is 2. The molecule has 0 fully saturated rings. The summed E-state index contributed by atoms with van der Waals surface area (Å²) in [5.41, 5.74) is 0. The lowest BCUT2D eigenvalue weighted by atomic mass is 10.4. The number of rotatable bonds is 8. The summed E-state index contributed by atoms with van der Waals surface area (Å²) in [6, 6.07) is 0. The number of hydrogen-bond acceptors (Lipinski definition) is 3. The van der Waals surface area contributed by atoms with Crippen LogP contribution in [0.15, 0.2) is 12.8 Å². The summed E-state index contributed by atoms with van der Waals surface area (Å²) in [6.45, 7) is 5.24. The van der Waals surface area contributed by atoms with E-state index in [2.05, 4.69) is 23.1 Å². The van der Waals surface area contributed by atoms with Crippen molar-refractivity contribution in [1.82, 2.24) is 10.6 Å². The molecule has 0 aliphatic heterocycles. The van der Waals surface area contributed by atoms with Gasteiger partial charge in [-0.2, -0.15) is 0 Å². The first-order valence-electron chi connectivity index (χ1n) is 4.44. The highest BCUT2D eigenvalue weighted by Crippen LogP contribution is 1.80. The molecule has 0 bridgehead atoms. The predicted octanol–water partition coefficient (Wildman–Crippen LogP) is -0.124. The number of carbonyl (C=O) groups is 1. The molecule has 4 heteroatoms. The Morgan fingerprint density at radius 2 is 2.43 bits per heavy atom. The molecular formula is C10H16N2O2. The van der Waals surface area contributed by atoms with Crippen molar-refractivity contribution < 1.29 is 9.53 Å². The first kappa shape index (κ1) is 12.5. The van der Waals surface area contributed by atoms with Gasteiger partial charge >= 0.3 is 0 Å². The van der Waals surface area contributed by atoms with Crippen LogP contribution >= 0.6 is 0 Å². The Kier molecular flexibility index (Phi) is 8.61. The lowest BCUT2D eigenvalue weighted by Gasteiger charge is -2.04. The highest BCUT2D eigenvalue weighted by atomic mass is 16.5. The predicted molar refractivity (Wildman–Crippen MR) is 55.5 cm³/mol. The largest absolute Gasteiger partial charge is 0.502 e. The zero-order valence-corrected chi connectivity index (χ0v) is 8.21. The van der Waals surface area contributed by atoms with Gasteiger partial charge in [-0.15, -0.1) is 6.42 Å². The van der Waals surface area contributed by atoms with E-state index in [4.69, 9.17) is 11.2 Å². The molecule has 0 aromatic carbocycles. The van der Waals surface area contributed by atoms with Gasteiger partial charge in [-0.25, -0.2) is 0 Å². The molecule has 0 heterocycles. The lowest BCUT2D eigenvalue weighted by Crippen LogP contribution is -2.34. The van der Waals surface area contributed by atoms with Gasteiger partial charge in [0.2, 0.25) is 5.91 Å². The van der Waals surface area contributed by atoms with Gasteiger partial charge in [-0.05, 0) is 6.42 Å². The van der Waals surface area contributed by atoms with Gasteiger partial charge in [0.25, 0.3) is 0 Å². The Bertz CT molecular complexity index is 209. The van der Waals surface area contributed by atoms with Crippen molar-refractivity contribution in [2.45, 2.75) is 6.42 Å². The average Bonchev–Trinajstić information content (AvgIpc) is 2.18. The number of amides is 1. The third-order valence-corrected chi connectivity index (χ3v) is 1.39. The normalized spacial score (nSPS) is 8.79. The smallest absolute Gasteiger partial charge is 0.233 e. The second-order valence-corrected chi connectivity index (χ2v) is 2.55. The van der Waals surface area contributed by atoms with Gasteiger partial charge in [-0.3, -0.25) is 10.1 Å². The fourth-order valence-corrected chi connectivity index (χ4v) is 0.777. The van der Waals surface area contributed by atoms with Crippen molar-refractivity contribution in [3.8, 4) is 12.3 Å². The first-order valence-corrected chi connectivity index (χ1v) is 4.44. The summed E-state index contributed by atoms with van der Waals surface area (Å²) in [5.74, 6) is 2.33. The zero-order chi connectivity index (χ0) is 10.6. The van der Waals surface area contributed by atoms with Crippen LogP contribution in [0.3, 0.4) is 0 Å². The molecule has 0 aliphatic carbocycles. The van der Waals surface area contributed by atoms with E-state index in [0.717, 1.165) is 6.42 Å². The molecule has 0 aromatic heterocycles. The molecule has 0 aliphatic rings. The van der Waals surface area contributed by atoms with Crippen LogP contribution in [-0.4, -0.2) is 32.1 Å². The molecule has 2 N–H and O–H groups in total. The first-order chi connectivity index (χ1) is 6.81. The van der Waals surface area contributed by atoms with Crippen LogP contribution in [0.2, 0.25) is 0 Å². The molecule has 0 atom stereocenters. The molecule has 4 nitrogen and oxygen atoms in total. The Morgan fingerprint density at radius 3 is 3.07 bits per heavy atom. The summed E-state index contributed by atoms with van der Waals surface area (Å²) in [5, 5.41) is 5.51. The van der Waals surface area contributed by atoms with Gasteiger partial charge in [0.05, 0.1) is 26.0 Å². The molecule has 0 rings (SSSR count). The molecule has 0 aromatic rings. The van der Waals surface area contributed by atoms with Gasteiger partial charge in [0.1, 0.15) is 0 Å². The summed E-state index contributed by atoms with van der Waals surface area (Å²) in [7, 11) is 0. The van der Waals surface area contributed by atoms with E-state index >= 15 is 0 Å². The monoisotopic (exact) mass is 196 g/mol. The molecule has 1 amide bonds. The van der Waals surface area contributed by atoms with Crippen LogP contribution in [0, 0.1) is 12.3 Å². The molecular weight excluding hydrogens is 180 g/mol. The van der Waals surface area contributed by atoms with E-state index in [9.17, 15) is 4.79 Å². The van der Waals surface area contributed by atoms with Crippen LogP contribution in [0.1, 0.15) is 6.42 Å². The Morgan fingerprint density at radius 1 is 1.64 bits per heavy atom. The standard InChI is InChI=1S/C10H16N2O2/c1-3-6-11-9-10(13)12-7-5-8-14-4-2/h1,4,11H,2,5-9H2,(H,12,13). The third-order valence-electron chi connectivity index (χ3n) is 1.39. The molecule has 0 unspecified atom stereocenters. The average molecular weight is 196 g/mol. The fourth-order valence-electron chi connectivity index (χ4n) is 0.777. The van der Waals surface area contributed by atoms with Crippen molar-refractivity contribution in [3.63, 3.8) is 0 Å². The highest BCUT2D eigenvalue weighted by molar-refractivity contribution is 5.77. The maximum absolute atomic E-state index is 11.0. The SMILES string of the molecule is C#CCNCC(=O)NCCCOC=C. The Balaban J connectivity index is 3.19. The Labute approximate surface area is 84.7 Å². The van der Waals surface area contributed by atoms with Gasteiger partial charge in [-0.1, -0.05) is 12.5 Å². The number of ether oxygens (including phenoxy) is 1. The number of terminal acetylenes is 1.